The molecule has 2 aliphatic heterocycles. The minimum atomic E-state index is -0.701. The van der Waals surface area contributed by atoms with E-state index in [4.69, 9.17) is 13.9 Å². The van der Waals surface area contributed by atoms with Crippen molar-refractivity contribution in [2.45, 2.75) is 45.3 Å². The van der Waals surface area contributed by atoms with E-state index in [1.807, 2.05) is 25.1 Å². The molecule has 2 aromatic carbocycles. The minimum Gasteiger partial charge on any atom is -0.492 e. The smallest absolute Gasteiger partial charge is 0.255 e. The highest BCUT2D eigenvalue weighted by Crippen LogP contribution is 2.35. The van der Waals surface area contributed by atoms with Crippen LogP contribution in [0.1, 0.15) is 44.7 Å². The van der Waals surface area contributed by atoms with Crippen LogP contribution >= 0.6 is 0 Å². The van der Waals surface area contributed by atoms with Crippen LogP contribution in [0.25, 0.3) is 11.5 Å². The van der Waals surface area contributed by atoms with Crippen LogP contribution in [0, 0.1) is 13.8 Å². The molecule has 1 amide bonds. The summed E-state index contributed by atoms with van der Waals surface area (Å²) >= 11 is 0. The van der Waals surface area contributed by atoms with E-state index in [2.05, 4.69) is 29.4 Å². The first-order chi connectivity index (χ1) is 16.0. The zero-order valence-electron chi connectivity index (χ0n) is 18.9. The molecule has 0 spiro atoms. The summed E-state index contributed by atoms with van der Waals surface area (Å²) < 4.78 is 16.6. The number of aliphatic hydroxyl groups is 1. The van der Waals surface area contributed by atoms with Gasteiger partial charge in [0.1, 0.15) is 12.0 Å². The summed E-state index contributed by atoms with van der Waals surface area (Å²) in [5.74, 6) is 1.07. The molecular weight excluding hydrogens is 420 g/mol. The number of nitrogens with zero attached hydrogens (tertiary/aromatic N) is 1. The number of aliphatic hydroxyl groups excluding tert-OH is 1. The summed E-state index contributed by atoms with van der Waals surface area (Å²) in [6.07, 6.45) is 3.02. The lowest BCUT2D eigenvalue weighted by Gasteiger charge is -2.28. The number of benzene rings is 2. The predicted octanol–water partition coefficient (Wildman–Crippen LogP) is 3.36. The molecule has 3 heterocycles. The van der Waals surface area contributed by atoms with Gasteiger partial charge in [-0.2, -0.15) is 0 Å². The summed E-state index contributed by atoms with van der Waals surface area (Å²) in [5.41, 5.74) is 6.81. The maximum Gasteiger partial charge on any atom is 0.255 e. The van der Waals surface area contributed by atoms with Crippen molar-refractivity contribution >= 4 is 5.91 Å². The highest BCUT2D eigenvalue weighted by molar-refractivity contribution is 5.98. The first-order valence-electron chi connectivity index (χ1n) is 11.4. The average molecular weight is 449 g/mol. The molecular formula is C26H28N2O5. The van der Waals surface area contributed by atoms with Crippen molar-refractivity contribution in [3.8, 4) is 17.2 Å². The van der Waals surface area contributed by atoms with Gasteiger partial charge in [0.15, 0.2) is 0 Å². The van der Waals surface area contributed by atoms with E-state index >= 15 is 0 Å². The van der Waals surface area contributed by atoms with E-state index in [0.717, 1.165) is 39.9 Å². The number of ether oxygens (including phenoxy) is 2. The van der Waals surface area contributed by atoms with Crippen LogP contribution in [0.15, 0.2) is 41.0 Å². The van der Waals surface area contributed by atoms with Crippen LogP contribution in [0.5, 0.6) is 5.75 Å². The predicted molar refractivity (Wildman–Crippen MR) is 123 cm³/mol. The number of amides is 1. The molecule has 3 aromatic rings. The number of aromatic nitrogens is 1. The Bertz CT molecular complexity index is 1170. The van der Waals surface area contributed by atoms with Crippen molar-refractivity contribution in [1.82, 2.24) is 10.3 Å². The number of fused-ring (bicyclic) bond motifs is 1. The van der Waals surface area contributed by atoms with Gasteiger partial charge in [0.25, 0.3) is 5.91 Å². The molecule has 33 heavy (non-hydrogen) atoms. The number of nitrogens with one attached hydrogen (secondary N) is 1. The summed E-state index contributed by atoms with van der Waals surface area (Å²) in [6.45, 7) is 5.33. The highest BCUT2D eigenvalue weighted by Gasteiger charge is 2.29. The van der Waals surface area contributed by atoms with Crippen LogP contribution in [-0.4, -0.2) is 48.0 Å². The Kier molecular flexibility index (Phi) is 5.91. The van der Waals surface area contributed by atoms with E-state index in [9.17, 15) is 9.90 Å². The molecule has 0 bridgehead atoms. The number of hydrogen-bond acceptors (Lipinski definition) is 6. The molecule has 1 aromatic heterocycles. The van der Waals surface area contributed by atoms with Crippen LogP contribution in [0.3, 0.4) is 0 Å². The average Bonchev–Trinajstić information content (AvgIpc) is 3.47. The zero-order chi connectivity index (χ0) is 22.9. The fourth-order valence-corrected chi connectivity index (χ4v) is 4.56. The van der Waals surface area contributed by atoms with Gasteiger partial charge < -0.3 is 24.3 Å². The monoisotopic (exact) mass is 448 g/mol. The van der Waals surface area contributed by atoms with Crippen molar-refractivity contribution in [2.75, 3.05) is 19.8 Å². The Hall–Kier alpha value is -3.16. The van der Waals surface area contributed by atoms with Crippen molar-refractivity contribution in [2.24, 2.45) is 0 Å². The largest absolute Gasteiger partial charge is 0.492 e. The second-order valence-corrected chi connectivity index (χ2v) is 8.79. The first-order valence-corrected chi connectivity index (χ1v) is 11.4. The lowest BCUT2D eigenvalue weighted by molar-refractivity contribution is -0.0261. The molecule has 0 saturated carbocycles. The van der Waals surface area contributed by atoms with Gasteiger partial charge in [-0.05, 0) is 61.6 Å². The lowest BCUT2D eigenvalue weighted by Crippen LogP contribution is -2.48. The topological polar surface area (TPSA) is 93.8 Å². The Labute approximate surface area is 192 Å². The maximum atomic E-state index is 13.2. The fraction of sp³-hybridized carbons (Fsp3) is 0.385. The van der Waals surface area contributed by atoms with E-state index in [0.29, 0.717) is 43.3 Å². The van der Waals surface area contributed by atoms with Crippen molar-refractivity contribution in [3.63, 3.8) is 0 Å². The van der Waals surface area contributed by atoms with E-state index in [-0.39, 0.29) is 18.6 Å². The van der Waals surface area contributed by atoms with E-state index < -0.39 is 6.10 Å². The van der Waals surface area contributed by atoms with Crippen molar-refractivity contribution < 1.29 is 23.8 Å². The second-order valence-electron chi connectivity index (χ2n) is 8.79. The van der Waals surface area contributed by atoms with E-state index in [1.165, 1.54) is 0 Å². The molecule has 172 valence electrons. The SMILES string of the molecule is Cc1coc(-c2ccc(Cc3cc(C(=O)N[C@H]4CCOC[C@@H]4O)c4c(c3C)CCO4)cc2)n1. The Balaban J connectivity index is 1.40. The van der Waals surface area contributed by atoms with Crippen molar-refractivity contribution in [3.05, 3.63) is 70.1 Å². The van der Waals surface area contributed by atoms with Crippen LogP contribution in [0.2, 0.25) is 0 Å². The van der Waals surface area contributed by atoms with Crippen LogP contribution in [-0.2, 0) is 17.6 Å². The molecule has 5 rings (SSSR count). The molecule has 2 aliphatic rings. The fourth-order valence-electron chi connectivity index (χ4n) is 4.56. The second kappa shape index (κ2) is 9.00. The number of carbonyl (C=O) groups excluding carboxylic acids is 1. The standard InChI is InChI=1S/C26H28N2O5/c1-15-13-33-26(27-15)18-5-3-17(4-6-18)11-19-12-21(24-20(16(19)2)7-10-32-24)25(30)28-22-8-9-31-14-23(22)29/h3-6,12-13,22-23,29H,7-11,14H2,1-2H3,(H,28,30)/t22-,23-/m0/s1. The normalized spacial score (nSPS) is 19.7. The van der Waals surface area contributed by atoms with Crippen molar-refractivity contribution in [1.29, 1.82) is 0 Å². The van der Waals surface area contributed by atoms with Gasteiger partial charge in [-0.25, -0.2) is 4.98 Å². The molecule has 0 radical (unpaired) electrons. The highest BCUT2D eigenvalue weighted by atomic mass is 16.5. The number of aryl methyl sites for hydroxylation is 1. The molecule has 7 nitrogen and oxygen atoms in total. The molecule has 0 unspecified atom stereocenters. The Morgan fingerprint density at radius 1 is 1.21 bits per heavy atom. The number of carbonyl (C=O) groups is 1. The maximum absolute atomic E-state index is 13.2. The first kappa shape index (κ1) is 21.7. The zero-order valence-corrected chi connectivity index (χ0v) is 18.9. The summed E-state index contributed by atoms with van der Waals surface area (Å²) in [7, 11) is 0. The molecule has 7 heteroatoms. The lowest BCUT2D eigenvalue weighted by atomic mass is 9.92. The van der Waals surface area contributed by atoms with Crippen LogP contribution in [0.4, 0.5) is 0 Å². The van der Waals surface area contributed by atoms with Gasteiger partial charge in [0.2, 0.25) is 5.89 Å². The summed E-state index contributed by atoms with van der Waals surface area (Å²) in [4.78, 5) is 17.6. The molecule has 2 atom stereocenters. The third-order valence-corrected chi connectivity index (χ3v) is 6.47. The van der Waals surface area contributed by atoms with Crippen LogP contribution < -0.4 is 10.1 Å². The molecule has 1 saturated heterocycles. The third kappa shape index (κ3) is 4.38. The number of hydrogen-bond donors (Lipinski definition) is 2. The van der Waals surface area contributed by atoms with Gasteiger partial charge in [-0.1, -0.05) is 12.1 Å². The van der Waals surface area contributed by atoms with Gasteiger partial charge >= 0.3 is 0 Å². The summed E-state index contributed by atoms with van der Waals surface area (Å²) in [5, 5.41) is 13.2. The Morgan fingerprint density at radius 2 is 2.03 bits per heavy atom. The van der Waals surface area contributed by atoms with Gasteiger partial charge in [0, 0.05) is 24.2 Å². The number of rotatable bonds is 5. The Morgan fingerprint density at radius 3 is 2.76 bits per heavy atom. The van der Waals surface area contributed by atoms with Gasteiger partial charge in [-0.15, -0.1) is 0 Å². The third-order valence-electron chi connectivity index (χ3n) is 6.47. The molecule has 1 fully saturated rings. The summed E-state index contributed by atoms with van der Waals surface area (Å²) in [6, 6.07) is 9.76. The molecule has 0 aliphatic carbocycles. The minimum absolute atomic E-state index is 0.213. The van der Waals surface area contributed by atoms with Gasteiger partial charge in [-0.3, -0.25) is 4.79 Å². The number of oxazole rings is 1. The van der Waals surface area contributed by atoms with Gasteiger partial charge in [0.05, 0.1) is 36.6 Å². The molecule has 2 N–H and O–H groups in total. The van der Waals surface area contributed by atoms with E-state index in [1.54, 1.807) is 6.26 Å². The quantitative estimate of drug-likeness (QED) is 0.622.